The zero-order valence-electron chi connectivity index (χ0n) is 19.6. The Hall–Kier alpha value is -4.16. The van der Waals surface area contributed by atoms with Crippen molar-refractivity contribution in [1.29, 1.82) is 0 Å². The first-order chi connectivity index (χ1) is 17.3. The number of aromatic nitrogens is 2. The van der Waals surface area contributed by atoms with Gasteiger partial charge >= 0.3 is 6.18 Å². The molecule has 1 N–H and O–H groups in total. The van der Waals surface area contributed by atoms with E-state index in [2.05, 4.69) is 31.9 Å². The van der Waals surface area contributed by atoms with Crippen molar-refractivity contribution in [3.8, 4) is 28.8 Å². The Kier molecular flexibility index (Phi) is 7.36. The Morgan fingerprint density at radius 3 is 2.56 bits per heavy atom. The van der Waals surface area contributed by atoms with Crippen LogP contribution < -0.4 is 10.1 Å². The van der Waals surface area contributed by atoms with Gasteiger partial charge in [0.2, 0.25) is 11.8 Å². The van der Waals surface area contributed by atoms with Crippen molar-refractivity contribution in [3.63, 3.8) is 0 Å². The zero-order valence-corrected chi connectivity index (χ0v) is 19.6. The maximum Gasteiger partial charge on any atom is 0.421 e. The van der Waals surface area contributed by atoms with Gasteiger partial charge in [0, 0.05) is 30.9 Å². The number of hydrogen-bond donors (Lipinski definition) is 1. The summed E-state index contributed by atoms with van der Waals surface area (Å²) in [5.74, 6) is 5.02. The molecule has 184 valence electrons. The highest BCUT2D eigenvalue weighted by Gasteiger charge is 2.35. The van der Waals surface area contributed by atoms with E-state index in [1.165, 1.54) is 0 Å². The van der Waals surface area contributed by atoms with E-state index in [0.29, 0.717) is 18.6 Å². The van der Waals surface area contributed by atoms with Gasteiger partial charge in [0.15, 0.2) is 0 Å². The predicted octanol–water partition coefficient (Wildman–Crippen LogP) is 4.94. The number of anilines is 1. The van der Waals surface area contributed by atoms with Gasteiger partial charge in [-0.25, -0.2) is 4.98 Å². The Bertz CT molecular complexity index is 1370. The fourth-order valence-electron chi connectivity index (χ4n) is 3.75. The van der Waals surface area contributed by atoms with Crippen LogP contribution in [0.15, 0.2) is 54.4 Å². The molecule has 0 bridgehead atoms. The maximum atomic E-state index is 13.2. The van der Waals surface area contributed by atoms with E-state index >= 15 is 0 Å². The van der Waals surface area contributed by atoms with Crippen molar-refractivity contribution in [2.45, 2.75) is 19.0 Å². The largest absolute Gasteiger partial charge is 0.481 e. The number of allylic oxidation sites excluding steroid dienone is 1. The lowest BCUT2D eigenvalue weighted by Crippen LogP contribution is -2.16. The minimum absolute atomic E-state index is 0.0116. The monoisotopic (exact) mass is 493 g/mol. The molecule has 1 aliphatic carbocycles. The number of pyridine rings is 2. The first kappa shape index (κ1) is 24.9. The molecule has 0 spiro atoms. The number of carbonyl (C=O) groups is 1. The molecule has 0 unspecified atom stereocenters. The molecule has 0 aliphatic heterocycles. The summed E-state index contributed by atoms with van der Waals surface area (Å²) in [5, 5.41) is 2.46. The van der Waals surface area contributed by atoms with E-state index in [0.717, 1.165) is 47.3 Å². The summed E-state index contributed by atoms with van der Waals surface area (Å²) in [5.41, 5.74) is 4.42. The molecule has 2 heterocycles. The standard InChI is InChI=1S/C27H22F3N3O3/c1-35-9-3-4-18-10-20-13-21(15-31-24(20)11-18)19-7-5-17(6-8-19)12-25(34)33-22-14-23(27(28,29)30)26(36-2)32-16-22/h5-8,10,13-16H,9,11-12H2,1-2H3,(H,33,34). The fourth-order valence-corrected chi connectivity index (χ4v) is 3.75. The third-order valence-electron chi connectivity index (χ3n) is 5.44. The van der Waals surface area contributed by atoms with Gasteiger partial charge in [-0.3, -0.25) is 9.78 Å². The number of amides is 1. The van der Waals surface area contributed by atoms with Crippen LogP contribution in [0.3, 0.4) is 0 Å². The average Bonchev–Trinajstić information content (AvgIpc) is 3.26. The second-order valence-electron chi connectivity index (χ2n) is 8.04. The highest BCUT2D eigenvalue weighted by atomic mass is 19.4. The van der Waals surface area contributed by atoms with Crippen LogP contribution >= 0.6 is 0 Å². The molecular formula is C27H22F3N3O3. The molecule has 3 aromatic rings. The van der Waals surface area contributed by atoms with Gasteiger partial charge in [0.1, 0.15) is 12.2 Å². The van der Waals surface area contributed by atoms with E-state index in [9.17, 15) is 18.0 Å². The van der Waals surface area contributed by atoms with E-state index in [1.807, 2.05) is 24.3 Å². The van der Waals surface area contributed by atoms with Gasteiger partial charge in [-0.05, 0) is 34.9 Å². The molecule has 9 heteroatoms. The number of rotatable bonds is 6. The van der Waals surface area contributed by atoms with Crippen LogP contribution in [-0.2, 0) is 28.5 Å². The molecule has 0 radical (unpaired) electrons. The third-order valence-corrected chi connectivity index (χ3v) is 5.44. The third kappa shape index (κ3) is 5.90. The van der Waals surface area contributed by atoms with Crippen molar-refractivity contribution < 1.29 is 27.4 Å². The number of nitrogens with one attached hydrogen (secondary N) is 1. The number of benzene rings is 1. The van der Waals surface area contributed by atoms with Crippen molar-refractivity contribution >= 4 is 17.7 Å². The topological polar surface area (TPSA) is 73.3 Å². The molecule has 1 amide bonds. The van der Waals surface area contributed by atoms with E-state index in [1.54, 1.807) is 25.4 Å². The lowest BCUT2D eigenvalue weighted by Gasteiger charge is -2.13. The summed E-state index contributed by atoms with van der Waals surface area (Å²) in [6, 6.07) is 10.2. The van der Waals surface area contributed by atoms with Crippen LogP contribution in [0.4, 0.5) is 18.9 Å². The van der Waals surface area contributed by atoms with Crippen LogP contribution in [0, 0.1) is 11.8 Å². The molecule has 4 rings (SSSR count). The number of hydrogen-bond acceptors (Lipinski definition) is 5. The lowest BCUT2D eigenvalue weighted by molar-refractivity contribution is -0.139. The van der Waals surface area contributed by atoms with E-state index < -0.39 is 23.5 Å². The van der Waals surface area contributed by atoms with Crippen molar-refractivity contribution in [3.05, 3.63) is 76.7 Å². The van der Waals surface area contributed by atoms with E-state index in [4.69, 9.17) is 4.74 Å². The Morgan fingerprint density at radius 2 is 1.86 bits per heavy atom. The van der Waals surface area contributed by atoms with Crippen LogP contribution in [0.25, 0.3) is 17.2 Å². The molecule has 1 aromatic carbocycles. The lowest BCUT2D eigenvalue weighted by atomic mass is 10.0. The van der Waals surface area contributed by atoms with Gasteiger partial charge in [-0.15, -0.1) is 0 Å². The number of halogens is 3. The molecule has 36 heavy (non-hydrogen) atoms. The molecule has 2 aromatic heterocycles. The van der Waals surface area contributed by atoms with Crippen LogP contribution in [0.2, 0.25) is 0 Å². The highest BCUT2D eigenvalue weighted by Crippen LogP contribution is 2.36. The van der Waals surface area contributed by atoms with Crippen molar-refractivity contribution in [1.82, 2.24) is 9.97 Å². The SMILES string of the molecule is COCC#CC1=Cc2cc(-c3ccc(CC(=O)Nc4cnc(OC)c(C(F)(F)F)c4)cc3)cnc2C1. The molecule has 0 fully saturated rings. The maximum absolute atomic E-state index is 13.2. The fraction of sp³-hybridized carbons (Fsp3) is 0.222. The smallest absolute Gasteiger partial charge is 0.421 e. The molecule has 0 saturated carbocycles. The Morgan fingerprint density at radius 1 is 1.08 bits per heavy atom. The first-order valence-corrected chi connectivity index (χ1v) is 10.9. The number of fused-ring (bicyclic) bond motifs is 1. The quantitative estimate of drug-likeness (QED) is 0.493. The minimum Gasteiger partial charge on any atom is -0.481 e. The van der Waals surface area contributed by atoms with Gasteiger partial charge in [-0.2, -0.15) is 13.2 Å². The van der Waals surface area contributed by atoms with Gasteiger partial charge in [0.25, 0.3) is 0 Å². The number of methoxy groups -OCH3 is 2. The highest BCUT2D eigenvalue weighted by molar-refractivity contribution is 5.92. The average molecular weight is 493 g/mol. The van der Waals surface area contributed by atoms with Crippen LogP contribution in [-0.4, -0.2) is 36.7 Å². The molecule has 0 atom stereocenters. The van der Waals surface area contributed by atoms with Gasteiger partial charge in [-0.1, -0.05) is 36.1 Å². The van der Waals surface area contributed by atoms with Crippen molar-refractivity contribution in [2.24, 2.45) is 0 Å². The first-order valence-electron chi connectivity index (χ1n) is 10.9. The summed E-state index contributed by atoms with van der Waals surface area (Å²) in [6.07, 6.45) is 0.964. The molecular weight excluding hydrogens is 471 g/mol. The summed E-state index contributed by atoms with van der Waals surface area (Å²) < 4.78 is 49.2. The zero-order chi connectivity index (χ0) is 25.7. The Labute approximate surface area is 206 Å². The number of ether oxygens (including phenoxy) is 2. The second-order valence-corrected chi connectivity index (χ2v) is 8.04. The molecule has 1 aliphatic rings. The van der Waals surface area contributed by atoms with Crippen molar-refractivity contribution in [2.75, 3.05) is 26.1 Å². The normalized spacial score (nSPS) is 12.3. The van der Waals surface area contributed by atoms with Crippen LogP contribution in [0.5, 0.6) is 5.88 Å². The molecule has 0 saturated heterocycles. The minimum atomic E-state index is -4.66. The van der Waals surface area contributed by atoms with E-state index in [-0.39, 0.29) is 12.1 Å². The van der Waals surface area contributed by atoms with Gasteiger partial charge in [0.05, 0.1) is 31.1 Å². The van der Waals surface area contributed by atoms with Gasteiger partial charge < -0.3 is 14.8 Å². The number of nitrogens with zero attached hydrogens (tertiary/aromatic N) is 2. The Balaban J connectivity index is 1.42. The summed E-state index contributed by atoms with van der Waals surface area (Å²) in [4.78, 5) is 20.6. The summed E-state index contributed by atoms with van der Waals surface area (Å²) in [6.45, 7) is 0.377. The summed E-state index contributed by atoms with van der Waals surface area (Å²) in [7, 11) is 2.70. The second kappa shape index (κ2) is 10.6. The number of alkyl halides is 3. The molecule has 6 nitrogen and oxygen atoms in total. The summed E-state index contributed by atoms with van der Waals surface area (Å²) >= 11 is 0. The number of carbonyl (C=O) groups excluding carboxylic acids is 1. The van der Waals surface area contributed by atoms with Crippen LogP contribution in [0.1, 0.15) is 22.4 Å². The predicted molar refractivity (Wildman–Crippen MR) is 129 cm³/mol.